The van der Waals surface area contributed by atoms with E-state index in [9.17, 15) is 4.79 Å². The van der Waals surface area contributed by atoms with Crippen LogP contribution in [0.5, 0.6) is 0 Å². The molecule has 1 aromatic heterocycles. The summed E-state index contributed by atoms with van der Waals surface area (Å²) in [5, 5.41) is 0.923. The summed E-state index contributed by atoms with van der Waals surface area (Å²) in [6.45, 7) is 1.82. The van der Waals surface area contributed by atoms with Crippen LogP contribution in [0.4, 0.5) is 0 Å². The first-order valence-corrected chi connectivity index (χ1v) is 5.49. The smallest absolute Gasteiger partial charge is 0.182 e. The van der Waals surface area contributed by atoms with E-state index in [0.717, 1.165) is 11.3 Å². The molecule has 0 aliphatic carbocycles. The average molecular weight is 254 g/mol. The van der Waals surface area contributed by atoms with Crippen molar-refractivity contribution < 1.29 is 0 Å². The third-order valence-corrected chi connectivity index (χ3v) is 3.04. The molecule has 0 amide bonds. The van der Waals surface area contributed by atoms with E-state index >= 15 is 0 Å². The molecule has 2 aromatic rings. The number of nitrogens with one attached hydrogen (secondary N) is 1. The third-order valence-electron chi connectivity index (χ3n) is 2.22. The summed E-state index contributed by atoms with van der Waals surface area (Å²) in [7, 11) is 0. The van der Waals surface area contributed by atoms with Crippen molar-refractivity contribution in [2.75, 3.05) is 0 Å². The lowest BCUT2D eigenvalue weighted by Gasteiger charge is -2.06. The van der Waals surface area contributed by atoms with Crippen molar-refractivity contribution in [1.29, 1.82) is 0 Å². The Balaban J connectivity index is 2.67. The molecule has 0 bridgehead atoms. The molecule has 0 radical (unpaired) electrons. The average Bonchev–Trinajstić information content (AvgIpc) is 2.20. The zero-order valence-corrected chi connectivity index (χ0v) is 10.1. The molecule has 1 aromatic carbocycles. The van der Waals surface area contributed by atoms with Crippen LogP contribution in [0.25, 0.3) is 11.3 Å². The van der Waals surface area contributed by atoms with Gasteiger partial charge in [-0.3, -0.25) is 4.79 Å². The summed E-state index contributed by atoms with van der Waals surface area (Å²) >= 11 is 12.0. The number of halogens is 2. The van der Waals surface area contributed by atoms with Crippen LogP contribution >= 0.6 is 23.2 Å². The van der Waals surface area contributed by atoms with Crippen LogP contribution in [-0.4, -0.2) is 4.98 Å². The van der Waals surface area contributed by atoms with Crippen LogP contribution in [0.1, 0.15) is 5.69 Å². The molecule has 0 aliphatic heterocycles. The second-order valence-electron chi connectivity index (χ2n) is 3.51. The molecule has 2 rings (SSSR count). The lowest BCUT2D eigenvalue weighted by Crippen LogP contribution is -2.01. The van der Waals surface area contributed by atoms with Crippen molar-refractivity contribution >= 4 is 23.2 Å². The molecular weight excluding hydrogens is 245 g/mol. The third kappa shape index (κ3) is 2.13. The molecule has 1 N–H and O–H groups in total. The van der Waals surface area contributed by atoms with Crippen LogP contribution in [-0.2, 0) is 0 Å². The van der Waals surface area contributed by atoms with Crippen molar-refractivity contribution in [2.45, 2.75) is 6.92 Å². The number of rotatable bonds is 1. The van der Waals surface area contributed by atoms with E-state index in [2.05, 4.69) is 4.98 Å². The topological polar surface area (TPSA) is 32.9 Å². The molecule has 0 aliphatic rings. The number of hydrogen-bond donors (Lipinski definition) is 1. The van der Waals surface area contributed by atoms with Gasteiger partial charge < -0.3 is 4.98 Å². The molecular formula is C12H9Cl2NO. The van der Waals surface area contributed by atoms with Crippen molar-refractivity contribution in [3.05, 3.63) is 56.3 Å². The Morgan fingerprint density at radius 3 is 2.62 bits per heavy atom. The SMILES string of the molecule is Cc1cc(=O)cc(-c2cccc(Cl)c2Cl)[nH]1. The van der Waals surface area contributed by atoms with Crippen LogP contribution in [0.2, 0.25) is 10.0 Å². The van der Waals surface area contributed by atoms with Gasteiger partial charge in [0.1, 0.15) is 0 Å². The fourth-order valence-corrected chi connectivity index (χ4v) is 1.94. The number of aromatic amines is 1. The summed E-state index contributed by atoms with van der Waals surface area (Å²) < 4.78 is 0. The molecule has 0 fully saturated rings. The monoisotopic (exact) mass is 253 g/mol. The summed E-state index contributed by atoms with van der Waals surface area (Å²) in [6, 6.07) is 8.36. The number of pyridine rings is 1. The Morgan fingerprint density at radius 1 is 1.19 bits per heavy atom. The fraction of sp³-hybridized carbons (Fsp3) is 0.0833. The Hall–Kier alpha value is -1.25. The summed E-state index contributed by atoms with van der Waals surface area (Å²) in [4.78, 5) is 14.5. The second kappa shape index (κ2) is 4.32. The van der Waals surface area contributed by atoms with Gasteiger partial charge in [-0.1, -0.05) is 35.3 Å². The molecule has 2 nitrogen and oxygen atoms in total. The van der Waals surface area contributed by atoms with E-state index < -0.39 is 0 Å². The molecule has 1 heterocycles. The van der Waals surface area contributed by atoms with Crippen molar-refractivity contribution in [1.82, 2.24) is 4.98 Å². The van der Waals surface area contributed by atoms with Crippen molar-refractivity contribution in [2.24, 2.45) is 0 Å². The van der Waals surface area contributed by atoms with Gasteiger partial charge in [-0.05, 0) is 13.0 Å². The normalized spacial score (nSPS) is 10.4. The summed E-state index contributed by atoms with van der Waals surface area (Å²) in [6.07, 6.45) is 0. The highest BCUT2D eigenvalue weighted by molar-refractivity contribution is 6.43. The molecule has 16 heavy (non-hydrogen) atoms. The van der Waals surface area contributed by atoms with E-state index in [1.807, 2.05) is 13.0 Å². The van der Waals surface area contributed by atoms with E-state index in [-0.39, 0.29) is 5.43 Å². The van der Waals surface area contributed by atoms with Gasteiger partial charge in [0.2, 0.25) is 0 Å². The summed E-state index contributed by atoms with van der Waals surface area (Å²) in [5.74, 6) is 0. The minimum atomic E-state index is -0.0534. The van der Waals surface area contributed by atoms with Crippen LogP contribution in [0.3, 0.4) is 0 Å². The predicted octanol–water partition coefficient (Wildman–Crippen LogP) is 3.66. The highest BCUT2D eigenvalue weighted by Crippen LogP contribution is 2.31. The van der Waals surface area contributed by atoms with Gasteiger partial charge >= 0.3 is 0 Å². The first-order valence-electron chi connectivity index (χ1n) is 4.73. The quantitative estimate of drug-likeness (QED) is 0.827. The molecule has 82 valence electrons. The zero-order valence-electron chi connectivity index (χ0n) is 8.55. The molecule has 0 spiro atoms. The number of hydrogen-bond acceptors (Lipinski definition) is 1. The highest BCUT2D eigenvalue weighted by atomic mass is 35.5. The number of H-pyrrole nitrogens is 1. The Morgan fingerprint density at radius 2 is 1.94 bits per heavy atom. The maximum atomic E-state index is 11.4. The summed E-state index contributed by atoms with van der Waals surface area (Å²) in [5.41, 5.74) is 2.15. The Bertz CT molecular complexity index is 590. The van der Waals surface area contributed by atoms with E-state index in [0.29, 0.717) is 15.7 Å². The van der Waals surface area contributed by atoms with Crippen LogP contribution in [0, 0.1) is 6.92 Å². The van der Waals surface area contributed by atoms with Gasteiger partial charge in [-0.25, -0.2) is 0 Å². The van der Waals surface area contributed by atoms with Gasteiger partial charge in [0.25, 0.3) is 0 Å². The standard InChI is InChI=1S/C12H9Cl2NO/c1-7-5-8(16)6-11(15-7)9-3-2-4-10(13)12(9)14/h2-6H,1H3,(H,15,16). The van der Waals surface area contributed by atoms with Gasteiger partial charge in [-0.2, -0.15) is 0 Å². The Kier molecular flexibility index (Phi) is 3.03. The van der Waals surface area contributed by atoms with E-state index in [1.54, 1.807) is 12.1 Å². The predicted molar refractivity (Wildman–Crippen MR) is 67.3 cm³/mol. The minimum absolute atomic E-state index is 0.0534. The molecule has 4 heteroatoms. The molecule has 0 atom stereocenters. The van der Waals surface area contributed by atoms with Crippen LogP contribution in [0.15, 0.2) is 35.1 Å². The van der Waals surface area contributed by atoms with Gasteiger partial charge in [0.05, 0.1) is 15.7 Å². The highest BCUT2D eigenvalue weighted by Gasteiger charge is 2.07. The molecule has 0 unspecified atom stereocenters. The fourth-order valence-electron chi connectivity index (χ4n) is 1.54. The van der Waals surface area contributed by atoms with Gasteiger partial charge in [-0.15, -0.1) is 0 Å². The largest absolute Gasteiger partial charge is 0.358 e. The number of aryl methyl sites for hydroxylation is 1. The zero-order chi connectivity index (χ0) is 11.7. The molecule has 0 saturated heterocycles. The second-order valence-corrected chi connectivity index (χ2v) is 4.30. The first-order chi connectivity index (χ1) is 7.58. The number of aromatic nitrogens is 1. The van der Waals surface area contributed by atoms with E-state index in [4.69, 9.17) is 23.2 Å². The van der Waals surface area contributed by atoms with Gasteiger partial charge in [0.15, 0.2) is 5.43 Å². The maximum Gasteiger partial charge on any atom is 0.182 e. The molecule has 0 saturated carbocycles. The lowest BCUT2D eigenvalue weighted by molar-refractivity contribution is 1.19. The number of benzene rings is 1. The van der Waals surface area contributed by atoms with Crippen molar-refractivity contribution in [3.8, 4) is 11.3 Å². The Labute approximate surface area is 103 Å². The first kappa shape index (κ1) is 11.2. The van der Waals surface area contributed by atoms with Crippen molar-refractivity contribution in [3.63, 3.8) is 0 Å². The lowest BCUT2D eigenvalue weighted by atomic mass is 10.1. The van der Waals surface area contributed by atoms with Crippen LogP contribution < -0.4 is 5.43 Å². The minimum Gasteiger partial charge on any atom is -0.358 e. The van der Waals surface area contributed by atoms with E-state index in [1.165, 1.54) is 12.1 Å². The van der Waals surface area contributed by atoms with Gasteiger partial charge in [0, 0.05) is 23.4 Å². The maximum absolute atomic E-state index is 11.4.